The van der Waals surface area contributed by atoms with Crippen LogP contribution in [0.2, 0.25) is 0 Å². The van der Waals surface area contributed by atoms with Gasteiger partial charge in [-0.1, -0.05) is 6.07 Å². The lowest BCUT2D eigenvalue weighted by Gasteiger charge is -2.20. The molecule has 0 amide bonds. The molecule has 0 radical (unpaired) electrons. The van der Waals surface area contributed by atoms with Gasteiger partial charge in [0, 0.05) is 37.3 Å². The highest BCUT2D eigenvalue weighted by molar-refractivity contribution is 5.91. The van der Waals surface area contributed by atoms with Gasteiger partial charge in [-0.2, -0.15) is 0 Å². The Balaban J connectivity index is 0.000001000. The fourth-order valence-electron chi connectivity index (χ4n) is 3.31. The van der Waals surface area contributed by atoms with Gasteiger partial charge in [0.25, 0.3) is 0 Å². The summed E-state index contributed by atoms with van der Waals surface area (Å²) in [5.41, 5.74) is 2.34. The van der Waals surface area contributed by atoms with Crippen LogP contribution in [0.25, 0.3) is 11.0 Å². The summed E-state index contributed by atoms with van der Waals surface area (Å²) in [4.78, 5) is 2.52. The smallest absolute Gasteiger partial charge is 0.135 e. The maximum Gasteiger partial charge on any atom is 0.135 e. The monoisotopic (exact) mass is 264 g/mol. The maximum atomic E-state index is 5.47. The molecule has 18 heavy (non-hydrogen) atoms. The van der Waals surface area contributed by atoms with Crippen molar-refractivity contribution < 1.29 is 4.42 Å². The van der Waals surface area contributed by atoms with Crippen LogP contribution >= 0.6 is 12.4 Å². The highest BCUT2D eigenvalue weighted by atomic mass is 35.5. The molecule has 2 aliphatic rings. The van der Waals surface area contributed by atoms with Gasteiger partial charge in [-0.15, -0.1) is 12.4 Å². The van der Waals surface area contributed by atoms with Crippen molar-refractivity contribution in [3.05, 3.63) is 30.5 Å². The zero-order chi connectivity index (χ0) is 11.2. The molecule has 0 aliphatic carbocycles. The third-order valence-corrected chi connectivity index (χ3v) is 4.20. The van der Waals surface area contributed by atoms with Crippen LogP contribution in [0.1, 0.15) is 0 Å². The van der Waals surface area contributed by atoms with E-state index >= 15 is 0 Å². The maximum absolute atomic E-state index is 5.47. The number of hydrogen-bond acceptors (Lipinski definition) is 3. The molecule has 2 aliphatic heterocycles. The van der Waals surface area contributed by atoms with E-state index in [1.54, 1.807) is 6.26 Å². The van der Waals surface area contributed by atoms with E-state index in [4.69, 9.17) is 4.42 Å². The summed E-state index contributed by atoms with van der Waals surface area (Å²) in [7, 11) is 0. The van der Waals surface area contributed by atoms with Crippen LogP contribution in [0.15, 0.2) is 34.9 Å². The zero-order valence-corrected chi connectivity index (χ0v) is 11.0. The zero-order valence-electron chi connectivity index (χ0n) is 10.1. The molecule has 0 bridgehead atoms. The Kier molecular flexibility index (Phi) is 2.96. The first-order valence-corrected chi connectivity index (χ1v) is 6.34. The fourth-order valence-corrected chi connectivity index (χ4v) is 3.31. The van der Waals surface area contributed by atoms with E-state index in [0.29, 0.717) is 0 Å². The van der Waals surface area contributed by atoms with Crippen LogP contribution < -0.4 is 10.2 Å². The SMILES string of the molecule is Cl.c1cc(N2CC3CNCC3C2)c2ccoc2c1. The van der Waals surface area contributed by atoms with Gasteiger partial charge >= 0.3 is 0 Å². The standard InChI is InChI=1S/C14H16N2O.ClH/c1-2-13(12-4-5-17-14(12)3-1)16-8-10-6-15-7-11(10)9-16;/h1-5,10-11,15H,6-9H2;1H. The number of benzene rings is 1. The van der Waals surface area contributed by atoms with Crippen LogP contribution in [-0.4, -0.2) is 26.2 Å². The molecule has 4 rings (SSSR count). The average Bonchev–Trinajstić information content (AvgIpc) is 3.02. The van der Waals surface area contributed by atoms with Gasteiger partial charge in [-0.05, 0) is 30.0 Å². The second-order valence-electron chi connectivity index (χ2n) is 5.19. The minimum Gasteiger partial charge on any atom is -0.464 e. The molecule has 2 saturated heterocycles. The van der Waals surface area contributed by atoms with Gasteiger partial charge in [-0.25, -0.2) is 0 Å². The van der Waals surface area contributed by atoms with Gasteiger partial charge in [0.05, 0.1) is 6.26 Å². The first kappa shape index (κ1) is 11.9. The molecule has 0 spiro atoms. The molecule has 1 N–H and O–H groups in total. The topological polar surface area (TPSA) is 28.4 Å². The van der Waals surface area contributed by atoms with Crippen molar-refractivity contribution in [1.29, 1.82) is 0 Å². The van der Waals surface area contributed by atoms with Crippen molar-refractivity contribution in [2.75, 3.05) is 31.1 Å². The normalized spacial score (nSPS) is 26.3. The molecule has 2 aromatic rings. The highest BCUT2D eigenvalue weighted by Gasteiger charge is 2.36. The molecule has 3 heterocycles. The van der Waals surface area contributed by atoms with Crippen LogP contribution in [0.3, 0.4) is 0 Å². The van der Waals surface area contributed by atoms with Crippen molar-refractivity contribution in [3.8, 4) is 0 Å². The average molecular weight is 265 g/mol. The van der Waals surface area contributed by atoms with E-state index in [0.717, 1.165) is 17.4 Å². The second-order valence-corrected chi connectivity index (χ2v) is 5.19. The molecule has 1 aromatic carbocycles. The molecule has 96 valence electrons. The van der Waals surface area contributed by atoms with Gasteiger partial charge < -0.3 is 14.6 Å². The van der Waals surface area contributed by atoms with Gasteiger partial charge in [0.15, 0.2) is 0 Å². The molecular weight excluding hydrogens is 248 g/mol. The molecular formula is C14H17ClN2O. The second kappa shape index (κ2) is 4.48. The Bertz CT molecular complexity index is 541. The number of nitrogens with zero attached hydrogens (tertiary/aromatic N) is 1. The fraction of sp³-hybridized carbons (Fsp3) is 0.429. The Hall–Kier alpha value is -1.19. The van der Waals surface area contributed by atoms with E-state index in [1.165, 1.54) is 37.3 Å². The van der Waals surface area contributed by atoms with Crippen LogP contribution in [0, 0.1) is 11.8 Å². The number of anilines is 1. The van der Waals surface area contributed by atoms with Crippen molar-refractivity contribution in [2.24, 2.45) is 11.8 Å². The highest BCUT2D eigenvalue weighted by Crippen LogP contribution is 2.34. The third-order valence-electron chi connectivity index (χ3n) is 4.20. The minimum atomic E-state index is 0. The Morgan fingerprint density at radius 2 is 1.89 bits per heavy atom. The van der Waals surface area contributed by atoms with Crippen molar-refractivity contribution in [2.45, 2.75) is 0 Å². The summed E-state index contributed by atoms with van der Waals surface area (Å²) in [6, 6.07) is 8.42. The number of rotatable bonds is 1. The number of hydrogen-bond donors (Lipinski definition) is 1. The van der Waals surface area contributed by atoms with E-state index in [9.17, 15) is 0 Å². The number of fused-ring (bicyclic) bond motifs is 2. The lowest BCUT2D eigenvalue weighted by molar-refractivity contribution is 0.533. The third kappa shape index (κ3) is 1.70. The van der Waals surface area contributed by atoms with Crippen LogP contribution in [-0.2, 0) is 0 Å². The number of halogens is 1. The van der Waals surface area contributed by atoms with Gasteiger partial charge in [-0.3, -0.25) is 0 Å². The van der Waals surface area contributed by atoms with Gasteiger partial charge in [0.1, 0.15) is 5.58 Å². The largest absolute Gasteiger partial charge is 0.464 e. The first-order valence-electron chi connectivity index (χ1n) is 6.34. The molecule has 0 saturated carbocycles. The minimum absolute atomic E-state index is 0. The lowest BCUT2D eigenvalue weighted by Crippen LogP contribution is -2.25. The molecule has 3 nitrogen and oxygen atoms in total. The molecule has 2 atom stereocenters. The van der Waals surface area contributed by atoms with Crippen LogP contribution in [0.5, 0.6) is 0 Å². The summed E-state index contributed by atoms with van der Waals surface area (Å²) < 4.78 is 5.47. The number of nitrogens with one attached hydrogen (secondary N) is 1. The predicted octanol–water partition coefficient (Wildman–Crippen LogP) is 2.51. The summed E-state index contributed by atoms with van der Waals surface area (Å²) >= 11 is 0. The first-order chi connectivity index (χ1) is 8.42. The lowest BCUT2D eigenvalue weighted by atomic mass is 10.0. The van der Waals surface area contributed by atoms with E-state index in [1.807, 2.05) is 6.07 Å². The van der Waals surface area contributed by atoms with E-state index in [2.05, 4.69) is 28.4 Å². The van der Waals surface area contributed by atoms with Gasteiger partial charge in [0.2, 0.25) is 0 Å². The predicted molar refractivity (Wildman–Crippen MR) is 75.5 cm³/mol. The van der Waals surface area contributed by atoms with Crippen molar-refractivity contribution in [1.82, 2.24) is 5.32 Å². The van der Waals surface area contributed by atoms with Crippen molar-refractivity contribution >= 4 is 29.1 Å². The van der Waals surface area contributed by atoms with E-state index < -0.39 is 0 Å². The Morgan fingerprint density at radius 3 is 2.67 bits per heavy atom. The quantitative estimate of drug-likeness (QED) is 0.858. The molecule has 2 fully saturated rings. The Morgan fingerprint density at radius 1 is 1.11 bits per heavy atom. The number of furan rings is 1. The summed E-state index contributed by atoms with van der Waals surface area (Å²) in [6.45, 7) is 4.73. The Labute approximate surface area is 113 Å². The summed E-state index contributed by atoms with van der Waals surface area (Å²) in [5.74, 6) is 1.66. The summed E-state index contributed by atoms with van der Waals surface area (Å²) in [5, 5.41) is 4.73. The van der Waals surface area contributed by atoms with E-state index in [-0.39, 0.29) is 12.4 Å². The molecule has 2 unspecified atom stereocenters. The molecule has 1 aromatic heterocycles. The summed E-state index contributed by atoms with van der Waals surface area (Å²) in [6.07, 6.45) is 1.78. The van der Waals surface area contributed by atoms with Crippen LogP contribution in [0.4, 0.5) is 5.69 Å². The molecule has 4 heteroatoms. The van der Waals surface area contributed by atoms with Crippen molar-refractivity contribution in [3.63, 3.8) is 0 Å².